The van der Waals surface area contributed by atoms with Crippen LogP contribution in [0.25, 0.3) is 0 Å². The van der Waals surface area contributed by atoms with Crippen LogP contribution in [0.2, 0.25) is 0 Å². The molecule has 2 rings (SSSR count). The Labute approximate surface area is 573 Å². The largest absolute Gasteiger partial charge is 0.478 e. The third-order valence-electron chi connectivity index (χ3n) is 17.7. The smallest absolute Gasteiger partial charge is 0.335 e. The van der Waals surface area contributed by atoms with Crippen molar-refractivity contribution in [2.75, 3.05) is 49.3 Å². The molecule has 5 N–H and O–H groups in total. The number of amides is 11. The number of alkyl halides is 1. The van der Waals surface area contributed by atoms with Gasteiger partial charge in [0.25, 0.3) is 0 Å². The van der Waals surface area contributed by atoms with Crippen molar-refractivity contribution in [2.24, 2.45) is 41.4 Å². The predicted octanol–water partition coefficient (Wildman–Crippen LogP) is 5.63. The molecular weight excluding hydrogens is 1320 g/mol. The topological polar surface area (TPSA) is 296 Å². The second-order valence-electron chi connectivity index (χ2n) is 28.2. The lowest BCUT2D eigenvalue weighted by molar-refractivity contribution is -0.156. The number of carbonyl (C=O) groups is 12. The van der Waals surface area contributed by atoms with Crippen molar-refractivity contribution >= 4 is 93.5 Å². The van der Waals surface area contributed by atoms with Crippen molar-refractivity contribution in [1.29, 1.82) is 0 Å². The highest BCUT2D eigenvalue weighted by atomic mass is 127. The Morgan fingerprint density at radius 1 is 0.447 bits per heavy atom. The number of nitrogens with one attached hydrogen (secondary N) is 4. The van der Waals surface area contributed by atoms with Crippen LogP contribution in [-0.2, 0) is 59.2 Å². The third kappa shape index (κ3) is 22.7. The van der Waals surface area contributed by atoms with Gasteiger partial charge in [-0.15, -0.1) is 0 Å². The van der Waals surface area contributed by atoms with Gasteiger partial charge in [-0.2, -0.15) is 0 Å². The van der Waals surface area contributed by atoms with Crippen molar-refractivity contribution in [3.8, 4) is 0 Å². The van der Waals surface area contributed by atoms with E-state index in [9.17, 15) is 33.9 Å². The van der Waals surface area contributed by atoms with Gasteiger partial charge in [0.05, 0.1) is 5.56 Å². The molecule has 1 aromatic carbocycles. The van der Waals surface area contributed by atoms with Crippen LogP contribution in [0.1, 0.15) is 166 Å². The number of halogens is 1. The first kappa shape index (κ1) is 83.4. The Bertz CT molecular complexity index is 2830. The minimum absolute atomic E-state index is 0.0295. The standard InChI is InChI=1S/C69H114IN11O13/c1-25-26-27-43(14)54(70)57-61(85)73-46(17)63(87)78(21)53(36-47-28-30-48(31-29-47)69(93)94)65(89)75(18)50(33-38(4)5)60(84)74-55(41(10)11)67(91)76(19)49(32-37(2)3)59(83)71-44(15)58(82)72-45(16)62(86)77(20)51(34-39(6)7)64(88)79(22)52(35-40(8)9)66(90)80(23)56(42(12)13)68(92)81(57)24/h25-26,28-31,37-46,49-57H,27,32-36H2,1-24H3,(H,71,83)(H,72,82)(H,73,85)(H,74,84)(H,93,94)/b26-25+/t43-,44+,45-,46+,49+,50+,51+,52+,53-,54-,55+,56+,57?/m1/s1. The lowest BCUT2D eigenvalue weighted by atomic mass is 9.93. The number of hydrogen-bond donors (Lipinski definition) is 5. The summed E-state index contributed by atoms with van der Waals surface area (Å²) in [7, 11) is 10.1. The van der Waals surface area contributed by atoms with Crippen LogP contribution < -0.4 is 21.3 Å². The molecule has 13 atom stereocenters. The van der Waals surface area contributed by atoms with Gasteiger partial charge in [0.15, 0.2) is 0 Å². The molecule has 0 saturated carbocycles. The maximum atomic E-state index is 15.4. The molecule has 1 unspecified atom stereocenters. The number of hydrogen-bond acceptors (Lipinski definition) is 12. The molecule has 1 saturated heterocycles. The van der Waals surface area contributed by atoms with Crippen LogP contribution in [0.3, 0.4) is 0 Å². The van der Waals surface area contributed by atoms with Gasteiger partial charge in [-0.05, 0) is 119 Å². The highest BCUT2D eigenvalue weighted by Gasteiger charge is 2.46. The van der Waals surface area contributed by atoms with Gasteiger partial charge < -0.3 is 60.7 Å². The number of rotatable bonds is 17. The van der Waals surface area contributed by atoms with E-state index in [2.05, 4.69) is 43.9 Å². The summed E-state index contributed by atoms with van der Waals surface area (Å²) in [6.45, 7) is 30.0. The average Bonchev–Trinajstić information content (AvgIpc) is 0.812. The Morgan fingerprint density at radius 3 is 1.23 bits per heavy atom. The molecule has 0 aromatic heterocycles. The van der Waals surface area contributed by atoms with Crippen molar-refractivity contribution in [3.63, 3.8) is 0 Å². The van der Waals surface area contributed by atoms with Crippen LogP contribution in [0.4, 0.5) is 0 Å². The van der Waals surface area contributed by atoms with Gasteiger partial charge in [0.1, 0.15) is 66.5 Å². The Morgan fingerprint density at radius 2 is 0.809 bits per heavy atom. The molecule has 94 heavy (non-hydrogen) atoms. The highest BCUT2D eigenvalue weighted by molar-refractivity contribution is 14.1. The number of nitrogens with zero attached hydrogens (tertiary/aromatic N) is 7. The Kier molecular flexibility index (Phi) is 33.4. The molecule has 25 heteroatoms. The summed E-state index contributed by atoms with van der Waals surface area (Å²) in [6, 6.07) is -7.93. The van der Waals surface area contributed by atoms with Gasteiger partial charge in [-0.3, -0.25) is 52.7 Å². The Hall–Kier alpha value is -6.67. The number of aromatic carboxylic acids is 1. The zero-order valence-electron chi connectivity index (χ0n) is 60.5. The second-order valence-corrected chi connectivity index (χ2v) is 29.7. The van der Waals surface area contributed by atoms with E-state index in [1.165, 1.54) is 124 Å². The highest BCUT2D eigenvalue weighted by Crippen LogP contribution is 2.29. The molecule has 1 aliphatic heterocycles. The molecule has 1 fully saturated rings. The molecule has 0 bridgehead atoms. The van der Waals surface area contributed by atoms with Crippen LogP contribution in [-0.4, -0.2) is 230 Å². The van der Waals surface area contributed by atoms with Crippen molar-refractivity contribution < 1.29 is 62.6 Å². The van der Waals surface area contributed by atoms with Crippen molar-refractivity contribution in [1.82, 2.24) is 55.6 Å². The SMILES string of the molecule is C/C=C/C[C@@H](C)[C@@H](I)C1C(=O)N[C@@H](C)C(=O)N(C)[C@H](Cc2ccc(C(=O)O)cc2)C(=O)N(C)[C@@H](CC(C)C)C(=O)N[C@@H](C(C)C)C(=O)N(C)[C@@H](CC(C)C)C(=O)N[C@@H](C)C(=O)N[C@H](C)C(=O)N(C)[C@@H](CC(C)C)C(=O)N(C)[C@@H](CC(C)C)C(=O)N(C)[C@@H](C(C)C)C(=O)N1C. The summed E-state index contributed by atoms with van der Waals surface area (Å²) in [6.07, 6.45) is 4.65. The van der Waals surface area contributed by atoms with Gasteiger partial charge >= 0.3 is 5.97 Å². The summed E-state index contributed by atoms with van der Waals surface area (Å²) < 4.78 is -0.606. The lowest BCUT2D eigenvalue weighted by Gasteiger charge is -2.41. The van der Waals surface area contributed by atoms with Crippen LogP contribution in [0.15, 0.2) is 36.4 Å². The Balaban J connectivity index is 3.13. The fourth-order valence-corrected chi connectivity index (χ4v) is 12.9. The number of likely N-dealkylation sites (N-methyl/N-ethyl adjacent to an activating group) is 7. The minimum atomic E-state index is -1.39. The molecule has 24 nitrogen and oxygen atoms in total. The van der Waals surface area contributed by atoms with E-state index in [4.69, 9.17) is 0 Å². The predicted molar refractivity (Wildman–Crippen MR) is 372 cm³/mol. The summed E-state index contributed by atoms with van der Waals surface area (Å²) >= 11 is 2.14. The molecule has 0 aliphatic carbocycles. The van der Waals surface area contributed by atoms with E-state index >= 15 is 28.8 Å². The molecule has 1 heterocycles. The second kappa shape index (κ2) is 37.6. The van der Waals surface area contributed by atoms with E-state index in [0.717, 1.165) is 4.90 Å². The molecule has 0 spiro atoms. The van der Waals surface area contributed by atoms with Crippen molar-refractivity contribution in [2.45, 2.75) is 227 Å². The zero-order chi connectivity index (χ0) is 72.4. The van der Waals surface area contributed by atoms with Gasteiger partial charge in [0.2, 0.25) is 65.0 Å². The monoisotopic (exact) mass is 1430 g/mol. The normalized spacial score (nSPS) is 26.2. The first-order chi connectivity index (χ1) is 43.5. The van der Waals surface area contributed by atoms with E-state index in [-0.39, 0.29) is 67.3 Å². The third-order valence-corrected chi connectivity index (χ3v) is 19.6. The van der Waals surface area contributed by atoms with Crippen LogP contribution >= 0.6 is 22.6 Å². The van der Waals surface area contributed by atoms with E-state index in [1.54, 1.807) is 27.7 Å². The molecule has 1 aromatic rings. The summed E-state index contributed by atoms with van der Waals surface area (Å²) in [5.74, 6) is -10.6. The van der Waals surface area contributed by atoms with Gasteiger partial charge in [0, 0.05) is 59.7 Å². The first-order valence-electron chi connectivity index (χ1n) is 33.1. The maximum absolute atomic E-state index is 15.4. The van der Waals surface area contributed by atoms with E-state index < -0.39 is 153 Å². The zero-order valence-corrected chi connectivity index (χ0v) is 62.7. The number of benzene rings is 1. The van der Waals surface area contributed by atoms with E-state index in [1.807, 2.05) is 81.4 Å². The summed E-state index contributed by atoms with van der Waals surface area (Å²) in [4.78, 5) is 185. The van der Waals surface area contributed by atoms with Gasteiger partial charge in [-0.1, -0.05) is 137 Å². The number of carboxylic acid groups (broad SMARTS) is 1. The van der Waals surface area contributed by atoms with E-state index in [0.29, 0.717) is 12.0 Å². The molecular formula is C69H114IN11O13. The fraction of sp³-hybridized carbons (Fsp3) is 0.710. The van der Waals surface area contributed by atoms with Crippen LogP contribution in [0.5, 0.6) is 0 Å². The lowest BCUT2D eigenvalue weighted by Crippen LogP contribution is -2.63. The minimum Gasteiger partial charge on any atom is -0.478 e. The van der Waals surface area contributed by atoms with Crippen LogP contribution in [0, 0.1) is 41.4 Å². The number of allylic oxidation sites excluding steroid dienone is 2. The molecule has 11 amide bonds. The van der Waals surface area contributed by atoms with Gasteiger partial charge in [-0.25, -0.2) is 4.79 Å². The molecule has 0 radical (unpaired) electrons. The average molecular weight is 1430 g/mol. The quantitative estimate of drug-likeness (QED) is 0.0719. The number of carboxylic acids is 1. The number of carbonyl (C=O) groups excluding carboxylic acids is 11. The fourth-order valence-electron chi connectivity index (χ4n) is 11.8. The van der Waals surface area contributed by atoms with Crippen molar-refractivity contribution in [3.05, 3.63) is 47.5 Å². The maximum Gasteiger partial charge on any atom is 0.335 e. The molecule has 530 valence electrons. The summed E-state index contributed by atoms with van der Waals surface area (Å²) in [5, 5.41) is 20.9. The summed E-state index contributed by atoms with van der Waals surface area (Å²) in [5.41, 5.74) is 0.422. The first-order valence-corrected chi connectivity index (χ1v) is 34.4. The molecule has 1 aliphatic rings.